The normalized spacial score (nSPS) is 10.7. The van der Waals surface area contributed by atoms with E-state index in [-0.39, 0.29) is 24.0 Å². The lowest BCUT2D eigenvalue weighted by Gasteiger charge is -2.14. The van der Waals surface area contributed by atoms with Gasteiger partial charge in [0, 0.05) is 24.2 Å². The highest BCUT2D eigenvalue weighted by atomic mass is 127. The molecule has 0 aliphatic heterocycles. The number of nitrogens with zero attached hydrogens (tertiary/aromatic N) is 1. The highest BCUT2D eigenvalue weighted by Gasteiger charge is 2.05. The minimum atomic E-state index is 0. The van der Waals surface area contributed by atoms with Crippen molar-refractivity contribution in [3.63, 3.8) is 0 Å². The smallest absolute Gasteiger partial charge is 0.191 e. The highest BCUT2D eigenvalue weighted by molar-refractivity contribution is 14.0. The predicted molar refractivity (Wildman–Crippen MR) is 118 cm³/mol. The van der Waals surface area contributed by atoms with E-state index >= 15 is 0 Å². The fraction of sp³-hybridized carbons (Fsp3) is 0.350. The lowest BCUT2D eigenvalue weighted by atomic mass is 10.2. The largest absolute Gasteiger partial charge is 0.496 e. The second kappa shape index (κ2) is 12.4. The van der Waals surface area contributed by atoms with Gasteiger partial charge in [-0.25, -0.2) is 4.99 Å². The van der Waals surface area contributed by atoms with Crippen molar-refractivity contribution in [1.82, 2.24) is 10.6 Å². The number of aliphatic imine (C=N–C) groups is 1. The minimum Gasteiger partial charge on any atom is -0.496 e. The van der Waals surface area contributed by atoms with Crippen LogP contribution >= 0.6 is 24.0 Å². The third kappa shape index (κ3) is 6.74. The topological polar surface area (TPSA) is 54.9 Å². The van der Waals surface area contributed by atoms with E-state index in [0.29, 0.717) is 19.7 Å². The quantitative estimate of drug-likeness (QED) is 0.349. The predicted octanol–water partition coefficient (Wildman–Crippen LogP) is 3.97. The monoisotopic (exact) mass is 469 g/mol. The van der Waals surface area contributed by atoms with Gasteiger partial charge in [-0.05, 0) is 26.0 Å². The van der Waals surface area contributed by atoms with Gasteiger partial charge in [-0.2, -0.15) is 0 Å². The number of ether oxygens (including phenoxy) is 2. The molecule has 0 fully saturated rings. The van der Waals surface area contributed by atoms with Gasteiger partial charge in [-0.15, -0.1) is 24.0 Å². The van der Waals surface area contributed by atoms with Gasteiger partial charge < -0.3 is 20.1 Å². The molecule has 0 spiro atoms. The van der Waals surface area contributed by atoms with E-state index in [1.54, 1.807) is 7.11 Å². The average Bonchev–Trinajstić information content (AvgIpc) is 2.65. The van der Waals surface area contributed by atoms with Crippen LogP contribution in [0.15, 0.2) is 53.5 Å². The summed E-state index contributed by atoms with van der Waals surface area (Å²) in [5.74, 6) is 2.52. The van der Waals surface area contributed by atoms with Crippen LogP contribution in [0.3, 0.4) is 0 Å². The molecule has 0 aliphatic carbocycles. The van der Waals surface area contributed by atoms with Crippen LogP contribution in [-0.2, 0) is 13.1 Å². The molecule has 0 aromatic heterocycles. The first-order valence-electron chi connectivity index (χ1n) is 8.63. The van der Waals surface area contributed by atoms with Gasteiger partial charge in [0.15, 0.2) is 5.96 Å². The summed E-state index contributed by atoms with van der Waals surface area (Å²) >= 11 is 0. The second-order valence-corrected chi connectivity index (χ2v) is 5.40. The van der Waals surface area contributed by atoms with Gasteiger partial charge >= 0.3 is 0 Å². The van der Waals surface area contributed by atoms with E-state index in [1.807, 2.05) is 49.4 Å². The first kappa shape index (κ1) is 22.1. The summed E-state index contributed by atoms with van der Waals surface area (Å²) in [5, 5.41) is 6.63. The van der Waals surface area contributed by atoms with Crippen molar-refractivity contribution in [3.05, 3.63) is 59.7 Å². The Kier molecular flexibility index (Phi) is 10.5. The van der Waals surface area contributed by atoms with Crippen molar-refractivity contribution in [2.45, 2.75) is 26.9 Å². The van der Waals surface area contributed by atoms with Gasteiger partial charge in [-0.3, -0.25) is 0 Å². The molecule has 0 heterocycles. The van der Waals surface area contributed by atoms with E-state index in [9.17, 15) is 0 Å². The Bertz CT molecular complexity index is 692. The van der Waals surface area contributed by atoms with Crippen molar-refractivity contribution in [2.24, 2.45) is 4.99 Å². The molecule has 26 heavy (non-hydrogen) atoms. The van der Waals surface area contributed by atoms with Gasteiger partial charge in [-0.1, -0.05) is 36.4 Å². The number of guanidine groups is 1. The lowest BCUT2D eigenvalue weighted by Crippen LogP contribution is -2.36. The van der Waals surface area contributed by atoms with E-state index in [1.165, 1.54) is 0 Å². The molecule has 2 aromatic carbocycles. The molecule has 142 valence electrons. The fourth-order valence-electron chi connectivity index (χ4n) is 2.46. The zero-order valence-electron chi connectivity index (χ0n) is 15.6. The first-order chi connectivity index (χ1) is 12.3. The Balaban J connectivity index is 0.00000338. The molecule has 0 saturated carbocycles. The molecule has 6 heteroatoms. The molecule has 0 bridgehead atoms. The molecule has 0 unspecified atom stereocenters. The maximum atomic E-state index is 5.67. The Morgan fingerprint density at radius 1 is 0.923 bits per heavy atom. The molecule has 2 aromatic rings. The maximum Gasteiger partial charge on any atom is 0.191 e. The van der Waals surface area contributed by atoms with Crippen LogP contribution in [0.25, 0.3) is 0 Å². The molecule has 5 nitrogen and oxygen atoms in total. The number of benzene rings is 2. The fourth-order valence-corrected chi connectivity index (χ4v) is 2.46. The van der Waals surface area contributed by atoms with Gasteiger partial charge in [0.2, 0.25) is 0 Å². The van der Waals surface area contributed by atoms with Crippen LogP contribution in [0.1, 0.15) is 25.0 Å². The van der Waals surface area contributed by atoms with Crippen molar-refractivity contribution >= 4 is 29.9 Å². The summed E-state index contributed by atoms with van der Waals surface area (Å²) in [6.45, 7) is 6.68. The summed E-state index contributed by atoms with van der Waals surface area (Å²) in [7, 11) is 1.68. The van der Waals surface area contributed by atoms with Crippen LogP contribution in [0.5, 0.6) is 11.5 Å². The molecule has 2 N–H and O–H groups in total. The van der Waals surface area contributed by atoms with Crippen molar-refractivity contribution in [2.75, 3.05) is 20.3 Å². The maximum absolute atomic E-state index is 5.67. The van der Waals surface area contributed by atoms with Crippen LogP contribution in [0, 0.1) is 0 Å². The number of para-hydroxylation sites is 2. The van der Waals surface area contributed by atoms with Crippen molar-refractivity contribution in [3.8, 4) is 11.5 Å². The third-order valence-corrected chi connectivity index (χ3v) is 3.66. The van der Waals surface area contributed by atoms with Crippen LogP contribution in [0.2, 0.25) is 0 Å². The highest BCUT2D eigenvalue weighted by Crippen LogP contribution is 2.19. The average molecular weight is 469 g/mol. The minimum absolute atomic E-state index is 0. The standard InChI is InChI=1S/C20H27N3O2.HI/c1-4-21-20(22-14-16-10-6-8-12-18(16)24-3)23-15-17-11-7-9-13-19(17)25-5-2;/h6-13H,4-5,14-15H2,1-3H3,(H2,21,22,23);1H. The van der Waals surface area contributed by atoms with Gasteiger partial charge in [0.05, 0.1) is 20.3 Å². The summed E-state index contributed by atoms with van der Waals surface area (Å²) in [5.41, 5.74) is 2.16. The molecule has 0 amide bonds. The zero-order valence-corrected chi connectivity index (χ0v) is 17.9. The van der Waals surface area contributed by atoms with E-state index in [4.69, 9.17) is 9.47 Å². The summed E-state index contributed by atoms with van der Waals surface area (Å²) in [4.78, 5) is 4.66. The number of hydrogen-bond donors (Lipinski definition) is 2. The molecule has 2 rings (SSSR count). The number of hydrogen-bond acceptors (Lipinski definition) is 3. The number of rotatable bonds is 8. The number of nitrogens with one attached hydrogen (secondary N) is 2. The van der Waals surface area contributed by atoms with Crippen LogP contribution in [-0.4, -0.2) is 26.2 Å². The molecule has 0 aliphatic rings. The van der Waals surface area contributed by atoms with Crippen LogP contribution < -0.4 is 20.1 Å². The van der Waals surface area contributed by atoms with Crippen LogP contribution in [0.4, 0.5) is 0 Å². The Labute approximate surface area is 173 Å². The molecular formula is C20H28IN3O2. The van der Waals surface area contributed by atoms with E-state index in [0.717, 1.165) is 35.1 Å². The Morgan fingerprint density at radius 2 is 1.58 bits per heavy atom. The SMILES string of the molecule is CCNC(=NCc1ccccc1OC)NCc1ccccc1OCC.I. The van der Waals surface area contributed by atoms with Crippen molar-refractivity contribution in [1.29, 1.82) is 0 Å². The van der Waals surface area contributed by atoms with E-state index < -0.39 is 0 Å². The molecule has 0 atom stereocenters. The molecular weight excluding hydrogens is 441 g/mol. The van der Waals surface area contributed by atoms with Gasteiger partial charge in [0.25, 0.3) is 0 Å². The summed E-state index contributed by atoms with van der Waals surface area (Å²) in [6.07, 6.45) is 0. The number of methoxy groups -OCH3 is 1. The Morgan fingerprint density at radius 3 is 2.23 bits per heavy atom. The molecule has 0 saturated heterocycles. The van der Waals surface area contributed by atoms with Gasteiger partial charge in [0.1, 0.15) is 11.5 Å². The summed E-state index contributed by atoms with van der Waals surface area (Å²) in [6, 6.07) is 16.0. The number of halogens is 1. The second-order valence-electron chi connectivity index (χ2n) is 5.40. The van der Waals surface area contributed by atoms with E-state index in [2.05, 4.69) is 28.6 Å². The third-order valence-electron chi connectivity index (χ3n) is 3.66. The lowest BCUT2D eigenvalue weighted by molar-refractivity contribution is 0.336. The van der Waals surface area contributed by atoms with Crippen molar-refractivity contribution < 1.29 is 9.47 Å². The summed E-state index contributed by atoms with van der Waals surface area (Å²) < 4.78 is 11.1. The zero-order chi connectivity index (χ0) is 17.9. The molecule has 0 radical (unpaired) electrons. The first-order valence-corrected chi connectivity index (χ1v) is 8.63. The Hall–Kier alpha value is -1.96.